The summed E-state index contributed by atoms with van der Waals surface area (Å²) < 4.78 is 1.39. The van der Waals surface area contributed by atoms with Crippen LogP contribution >= 0.6 is 0 Å². The lowest BCUT2D eigenvalue weighted by Crippen LogP contribution is -2.47. The van der Waals surface area contributed by atoms with Crippen molar-refractivity contribution >= 4 is 28.5 Å². The number of nitrogens with one attached hydrogen (secondary N) is 2. The Bertz CT molecular complexity index is 1400. The number of nitrogens with zero attached hydrogens (tertiary/aromatic N) is 2. The van der Waals surface area contributed by atoms with Gasteiger partial charge in [-0.1, -0.05) is 54.6 Å². The third-order valence-electron chi connectivity index (χ3n) is 5.54. The summed E-state index contributed by atoms with van der Waals surface area (Å²) in [6.45, 7) is 3.35. The predicted octanol–water partition coefficient (Wildman–Crippen LogP) is 3.38. The highest BCUT2D eigenvalue weighted by Gasteiger charge is 2.22. The minimum absolute atomic E-state index is 0.217. The molecule has 1 aromatic heterocycles. The van der Waals surface area contributed by atoms with E-state index < -0.39 is 11.9 Å². The average Bonchev–Trinajstić information content (AvgIpc) is 2.82. The maximum Gasteiger partial charge on any atom is 0.272 e. The highest BCUT2D eigenvalue weighted by Crippen LogP contribution is 2.13. The SMILES string of the molecule is Cc1cccc(NC(=O)[C@H](Cc2ccccc2)NC(=O)Cn2c(=O)c(C)nc3ccccc32)c1. The van der Waals surface area contributed by atoms with Gasteiger partial charge in [0.25, 0.3) is 5.56 Å². The van der Waals surface area contributed by atoms with Crippen molar-refractivity contribution in [2.75, 3.05) is 5.32 Å². The zero-order chi connectivity index (χ0) is 24.1. The van der Waals surface area contributed by atoms with Gasteiger partial charge in [0.05, 0.1) is 11.0 Å². The Balaban J connectivity index is 1.58. The van der Waals surface area contributed by atoms with Gasteiger partial charge in [-0.05, 0) is 49.2 Å². The molecule has 1 atom stereocenters. The van der Waals surface area contributed by atoms with E-state index in [0.717, 1.165) is 11.1 Å². The third-order valence-corrected chi connectivity index (χ3v) is 5.54. The highest BCUT2D eigenvalue weighted by atomic mass is 16.2. The van der Waals surface area contributed by atoms with Gasteiger partial charge in [-0.15, -0.1) is 0 Å². The molecule has 0 aliphatic carbocycles. The number of carbonyl (C=O) groups is 2. The number of aromatic nitrogens is 2. The second-order valence-electron chi connectivity index (χ2n) is 8.25. The van der Waals surface area contributed by atoms with Crippen LogP contribution in [0.1, 0.15) is 16.8 Å². The quantitative estimate of drug-likeness (QED) is 0.448. The van der Waals surface area contributed by atoms with Crippen LogP contribution in [-0.4, -0.2) is 27.4 Å². The molecule has 4 rings (SSSR count). The van der Waals surface area contributed by atoms with E-state index in [0.29, 0.717) is 28.8 Å². The van der Waals surface area contributed by atoms with Gasteiger partial charge in [-0.3, -0.25) is 19.0 Å². The Morgan fingerprint density at radius 3 is 2.44 bits per heavy atom. The lowest BCUT2D eigenvalue weighted by Gasteiger charge is -2.20. The molecule has 4 aromatic rings. The van der Waals surface area contributed by atoms with Gasteiger partial charge in [-0.2, -0.15) is 0 Å². The zero-order valence-corrected chi connectivity index (χ0v) is 19.1. The molecule has 0 saturated heterocycles. The van der Waals surface area contributed by atoms with Gasteiger partial charge >= 0.3 is 0 Å². The van der Waals surface area contributed by atoms with E-state index in [-0.39, 0.29) is 18.0 Å². The van der Waals surface area contributed by atoms with Gasteiger partial charge < -0.3 is 10.6 Å². The molecule has 0 aliphatic rings. The van der Waals surface area contributed by atoms with Crippen LogP contribution in [0.2, 0.25) is 0 Å². The van der Waals surface area contributed by atoms with E-state index >= 15 is 0 Å². The number of benzene rings is 3. The lowest BCUT2D eigenvalue weighted by atomic mass is 10.0. The Morgan fingerprint density at radius 1 is 0.941 bits per heavy atom. The molecule has 7 heteroatoms. The summed E-state index contributed by atoms with van der Waals surface area (Å²) in [4.78, 5) is 43.3. The molecule has 3 aromatic carbocycles. The number of carbonyl (C=O) groups excluding carboxylic acids is 2. The second kappa shape index (κ2) is 10.1. The number of hydrogen-bond acceptors (Lipinski definition) is 4. The maximum atomic E-state index is 13.1. The summed E-state index contributed by atoms with van der Waals surface area (Å²) in [5.41, 5.74) is 3.75. The van der Waals surface area contributed by atoms with Crippen LogP contribution in [-0.2, 0) is 22.6 Å². The van der Waals surface area contributed by atoms with Crippen LogP contribution in [0.3, 0.4) is 0 Å². The topological polar surface area (TPSA) is 93.1 Å². The van der Waals surface area contributed by atoms with Gasteiger partial charge in [-0.25, -0.2) is 4.98 Å². The van der Waals surface area contributed by atoms with Crippen LogP contribution in [0.15, 0.2) is 83.7 Å². The number of para-hydroxylation sites is 2. The molecule has 0 radical (unpaired) electrons. The minimum atomic E-state index is -0.819. The molecule has 7 nitrogen and oxygen atoms in total. The summed E-state index contributed by atoms with van der Waals surface area (Å²) in [5.74, 6) is -0.760. The fourth-order valence-corrected chi connectivity index (χ4v) is 3.87. The molecule has 34 heavy (non-hydrogen) atoms. The first-order valence-corrected chi connectivity index (χ1v) is 11.1. The number of aryl methyl sites for hydroxylation is 2. The number of hydrogen-bond donors (Lipinski definition) is 2. The molecule has 0 fully saturated rings. The molecule has 2 amide bonds. The van der Waals surface area contributed by atoms with Gasteiger partial charge in [0.15, 0.2) is 0 Å². The highest BCUT2D eigenvalue weighted by molar-refractivity contribution is 5.97. The maximum absolute atomic E-state index is 13.1. The largest absolute Gasteiger partial charge is 0.342 e. The average molecular weight is 455 g/mol. The van der Waals surface area contributed by atoms with Crippen molar-refractivity contribution in [2.45, 2.75) is 32.9 Å². The van der Waals surface area contributed by atoms with E-state index in [1.807, 2.05) is 61.5 Å². The van der Waals surface area contributed by atoms with Crippen molar-refractivity contribution in [2.24, 2.45) is 0 Å². The van der Waals surface area contributed by atoms with Crippen LogP contribution in [0, 0.1) is 13.8 Å². The summed E-state index contributed by atoms with van der Waals surface area (Å²) in [5, 5.41) is 5.72. The van der Waals surface area contributed by atoms with Crippen molar-refractivity contribution in [3.8, 4) is 0 Å². The van der Waals surface area contributed by atoms with Gasteiger partial charge in [0.1, 0.15) is 18.3 Å². The molecule has 2 N–H and O–H groups in total. The zero-order valence-electron chi connectivity index (χ0n) is 19.1. The number of anilines is 1. The molecule has 0 bridgehead atoms. The number of rotatable bonds is 7. The lowest BCUT2D eigenvalue weighted by molar-refractivity contribution is -0.126. The first-order chi connectivity index (χ1) is 16.4. The van der Waals surface area contributed by atoms with E-state index in [9.17, 15) is 14.4 Å². The molecule has 0 aliphatic heterocycles. The summed E-state index contributed by atoms with van der Waals surface area (Å²) in [6, 6.07) is 23.3. The first-order valence-electron chi connectivity index (χ1n) is 11.1. The molecule has 0 spiro atoms. The minimum Gasteiger partial charge on any atom is -0.342 e. The van der Waals surface area contributed by atoms with Crippen molar-refractivity contribution in [3.05, 3.63) is 106 Å². The number of fused-ring (bicyclic) bond motifs is 1. The van der Waals surface area contributed by atoms with Crippen LogP contribution < -0.4 is 16.2 Å². The molecule has 0 saturated carbocycles. The fourth-order valence-electron chi connectivity index (χ4n) is 3.87. The van der Waals surface area contributed by atoms with E-state index in [1.54, 1.807) is 31.2 Å². The standard InChI is InChI=1S/C27H26N4O3/c1-18-9-8-12-21(15-18)29-26(33)23(16-20-10-4-3-5-11-20)30-25(32)17-31-24-14-7-6-13-22(24)28-19(2)27(31)34/h3-15,23H,16-17H2,1-2H3,(H,29,33)(H,30,32)/t23-/m0/s1. The second-order valence-corrected chi connectivity index (χ2v) is 8.25. The Kier molecular flexibility index (Phi) is 6.82. The summed E-state index contributed by atoms with van der Waals surface area (Å²) >= 11 is 0. The van der Waals surface area contributed by atoms with Gasteiger partial charge in [0, 0.05) is 12.1 Å². The number of amides is 2. The van der Waals surface area contributed by atoms with Crippen molar-refractivity contribution in [1.29, 1.82) is 0 Å². The summed E-state index contributed by atoms with van der Waals surface area (Å²) in [6.07, 6.45) is 0.315. The summed E-state index contributed by atoms with van der Waals surface area (Å²) in [7, 11) is 0. The monoisotopic (exact) mass is 454 g/mol. The Labute approximate surface area is 197 Å². The normalized spacial score (nSPS) is 11.7. The van der Waals surface area contributed by atoms with Crippen molar-refractivity contribution in [3.63, 3.8) is 0 Å². The van der Waals surface area contributed by atoms with Crippen molar-refractivity contribution < 1.29 is 9.59 Å². The Morgan fingerprint density at radius 2 is 1.68 bits per heavy atom. The predicted molar refractivity (Wildman–Crippen MR) is 133 cm³/mol. The van der Waals surface area contributed by atoms with Gasteiger partial charge in [0.2, 0.25) is 11.8 Å². The first kappa shape index (κ1) is 22.9. The van der Waals surface area contributed by atoms with Crippen LogP contribution in [0.25, 0.3) is 11.0 Å². The fraction of sp³-hybridized carbons (Fsp3) is 0.185. The van der Waals surface area contributed by atoms with E-state index in [4.69, 9.17) is 0 Å². The molecular formula is C27H26N4O3. The third kappa shape index (κ3) is 5.38. The molecule has 1 heterocycles. The van der Waals surface area contributed by atoms with Crippen LogP contribution in [0.5, 0.6) is 0 Å². The van der Waals surface area contributed by atoms with Crippen LogP contribution in [0.4, 0.5) is 5.69 Å². The molecule has 172 valence electrons. The molecular weight excluding hydrogens is 428 g/mol. The van der Waals surface area contributed by atoms with E-state index in [2.05, 4.69) is 15.6 Å². The van der Waals surface area contributed by atoms with E-state index in [1.165, 1.54) is 4.57 Å². The smallest absolute Gasteiger partial charge is 0.272 e. The molecule has 0 unspecified atom stereocenters. The Hall–Kier alpha value is -4.26. The van der Waals surface area contributed by atoms with Crippen molar-refractivity contribution in [1.82, 2.24) is 14.9 Å².